The molecular formula is C18H16N6O. The van der Waals surface area contributed by atoms with Crippen molar-refractivity contribution in [1.29, 1.82) is 5.26 Å². The maximum absolute atomic E-state index is 11.5. The van der Waals surface area contributed by atoms with Gasteiger partial charge in [0.25, 0.3) is 0 Å². The van der Waals surface area contributed by atoms with Crippen LogP contribution in [0.2, 0.25) is 0 Å². The van der Waals surface area contributed by atoms with Crippen molar-refractivity contribution in [3.05, 3.63) is 47.9 Å². The molecule has 0 saturated carbocycles. The third-order valence-electron chi connectivity index (χ3n) is 3.97. The summed E-state index contributed by atoms with van der Waals surface area (Å²) in [5.74, 6) is 0.393. The number of carbonyl (C=O) groups is 1. The summed E-state index contributed by atoms with van der Waals surface area (Å²) in [6.45, 7) is 1.95. The summed E-state index contributed by atoms with van der Waals surface area (Å²) in [5.41, 5.74) is 9.49. The fraction of sp³-hybridized carbons (Fsp3) is 0.111. The van der Waals surface area contributed by atoms with E-state index in [-0.39, 0.29) is 6.03 Å². The monoisotopic (exact) mass is 332 g/mol. The number of aromatic nitrogens is 2. The molecule has 1 aromatic carbocycles. The van der Waals surface area contributed by atoms with E-state index < -0.39 is 0 Å². The topological polar surface area (TPSA) is 117 Å². The molecule has 0 unspecified atom stereocenters. The fourth-order valence-corrected chi connectivity index (χ4v) is 2.65. The minimum absolute atomic E-state index is 0.359. The number of nitrogens with one attached hydrogen (secondary N) is 2. The van der Waals surface area contributed by atoms with Gasteiger partial charge in [0.1, 0.15) is 11.9 Å². The number of hydrogen-bond acceptors (Lipinski definition) is 5. The number of carbonyl (C=O) groups excluding carboxylic acids is 1. The Morgan fingerprint density at radius 2 is 2.08 bits per heavy atom. The molecule has 25 heavy (non-hydrogen) atoms. The predicted octanol–water partition coefficient (Wildman–Crippen LogP) is 2.81. The average Bonchev–Trinajstić information content (AvgIpc) is 2.61. The molecule has 7 heteroatoms. The van der Waals surface area contributed by atoms with E-state index in [1.54, 1.807) is 24.7 Å². The minimum Gasteiger partial charge on any atom is -0.397 e. The number of benzene rings is 1. The molecule has 7 nitrogen and oxygen atoms in total. The van der Waals surface area contributed by atoms with E-state index in [1.807, 2.05) is 19.1 Å². The lowest BCUT2D eigenvalue weighted by atomic mass is 9.94. The van der Waals surface area contributed by atoms with Crippen LogP contribution in [0, 0.1) is 18.3 Å². The highest BCUT2D eigenvalue weighted by Crippen LogP contribution is 2.35. The summed E-state index contributed by atoms with van der Waals surface area (Å²) in [7, 11) is 1.52. The SMILES string of the molecule is CNC(=O)Nc1cc2cc(-c3cnccc3C)c(C#N)c(N)c2cn1. The standard InChI is InChI=1S/C18H16N6O/c1-10-3-4-22-8-14(10)12-5-11-6-16(24-18(25)21-2)23-9-15(11)17(20)13(12)7-19/h3-6,8-9H,20H2,1-2H3,(H2,21,23,24,25). The van der Waals surface area contributed by atoms with Gasteiger partial charge in [0.05, 0.1) is 11.3 Å². The van der Waals surface area contributed by atoms with Crippen molar-refractivity contribution >= 4 is 28.3 Å². The molecule has 0 aliphatic heterocycles. The zero-order valence-electron chi connectivity index (χ0n) is 13.8. The summed E-state index contributed by atoms with van der Waals surface area (Å²) in [6, 6.07) is 7.28. The Morgan fingerprint density at radius 3 is 2.76 bits per heavy atom. The lowest BCUT2D eigenvalue weighted by Crippen LogP contribution is -2.24. The molecule has 0 atom stereocenters. The Labute approximate surface area is 144 Å². The molecule has 124 valence electrons. The van der Waals surface area contributed by atoms with Crippen molar-refractivity contribution in [3.63, 3.8) is 0 Å². The first-order chi connectivity index (χ1) is 12.0. The molecule has 0 radical (unpaired) electrons. The molecule has 3 aromatic rings. The third-order valence-corrected chi connectivity index (χ3v) is 3.97. The lowest BCUT2D eigenvalue weighted by molar-refractivity contribution is 0.254. The van der Waals surface area contributed by atoms with Crippen LogP contribution in [-0.2, 0) is 0 Å². The van der Waals surface area contributed by atoms with Crippen molar-refractivity contribution in [2.24, 2.45) is 0 Å². The van der Waals surface area contributed by atoms with Crippen LogP contribution in [-0.4, -0.2) is 23.0 Å². The fourth-order valence-electron chi connectivity index (χ4n) is 2.65. The molecule has 0 saturated heterocycles. The highest BCUT2D eigenvalue weighted by Gasteiger charge is 2.15. The number of nitrogens with zero attached hydrogens (tertiary/aromatic N) is 3. The number of hydrogen-bond donors (Lipinski definition) is 3. The van der Waals surface area contributed by atoms with Crippen LogP contribution in [0.25, 0.3) is 21.9 Å². The van der Waals surface area contributed by atoms with Gasteiger partial charge in [-0.2, -0.15) is 5.26 Å². The second-order valence-corrected chi connectivity index (χ2v) is 5.51. The van der Waals surface area contributed by atoms with E-state index in [9.17, 15) is 10.1 Å². The number of amides is 2. The van der Waals surface area contributed by atoms with Gasteiger partial charge in [-0.1, -0.05) is 0 Å². The van der Waals surface area contributed by atoms with Crippen LogP contribution in [0.15, 0.2) is 36.8 Å². The van der Waals surface area contributed by atoms with Crippen molar-refractivity contribution in [1.82, 2.24) is 15.3 Å². The molecule has 4 N–H and O–H groups in total. The molecule has 2 amide bonds. The first-order valence-corrected chi connectivity index (χ1v) is 7.57. The second kappa shape index (κ2) is 6.45. The largest absolute Gasteiger partial charge is 0.397 e. The first-order valence-electron chi connectivity index (χ1n) is 7.57. The van der Waals surface area contributed by atoms with Crippen LogP contribution < -0.4 is 16.4 Å². The third kappa shape index (κ3) is 2.93. The Balaban J connectivity index is 2.25. The summed E-state index contributed by atoms with van der Waals surface area (Å²) in [4.78, 5) is 19.8. The van der Waals surface area contributed by atoms with Crippen molar-refractivity contribution < 1.29 is 4.79 Å². The molecular weight excluding hydrogens is 316 g/mol. The first kappa shape index (κ1) is 16.2. The van der Waals surface area contributed by atoms with Crippen molar-refractivity contribution in [2.45, 2.75) is 6.92 Å². The van der Waals surface area contributed by atoms with Crippen LogP contribution in [0.3, 0.4) is 0 Å². The maximum atomic E-state index is 11.5. The Bertz CT molecular complexity index is 1020. The molecule has 0 bridgehead atoms. The van der Waals surface area contributed by atoms with E-state index in [0.717, 1.165) is 16.5 Å². The molecule has 2 heterocycles. The summed E-state index contributed by atoms with van der Waals surface area (Å²) >= 11 is 0. The number of pyridine rings is 2. The Kier molecular flexibility index (Phi) is 4.18. The average molecular weight is 332 g/mol. The molecule has 2 aromatic heterocycles. The van der Waals surface area contributed by atoms with E-state index in [4.69, 9.17) is 5.73 Å². The molecule has 3 rings (SSSR count). The maximum Gasteiger partial charge on any atom is 0.320 e. The number of anilines is 2. The normalized spacial score (nSPS) is 10.3. The van der Waals surface area contributed by atoms with Crippen LogP contribution in [0.4, 0.5) is 16.3 Å². The molecule has 0 aliphatic carbocycles. The number of fused-ring (bicyclic) bond motifs is 1. The van der Waals surface area contributed by atoms with Crippen LogP contribution in [0.1, 0.15) is 11.1 Å². The van der Waals surface area contributed by atoms with Gasteiger partial charge in [-0.3, -0.25) is 10.3 Å². The number of nitrogen functional groups attached to an aromatic ring is 1. The molecule has 0 spiro atoms. The van der Waals surface area contributed by atoms with Gasteiger partial charge < -0.3 is 11.1 Å². The van der Waals surface area contributed by atoms with Gasteiger partial charge in [0, 0.05) is 42.2 Å². The van der Waals surface area contributed by atoms with Crippen molar-refractivity contribution in [3.8, 4) is 17.2 Å². The smallest absolute Gasteiger partial charge is 0.320 e. The van der Waals surface area contributed by atoms with Gasteiger partial charge in [-0.25, -0.2) is 9.78 Å². The summed E-state index contributed by atoms with van der Waals surface area (Å²) in [5, 5.41) is 16.1. The van der Waals surface area contributed by atoms with Crippen LogP contribution in [0.5, 0.6) is 0 Å². The van der Waals surface area contributed by atoms with E-state index in [1.165, 1.54) is 7.05 Å². The van der Waals surface area contributed by atoms with Gasteiger partial charge in [-0.05, 0) is 36.1 Å². The van der Waals surface area contributed by atoms with Crippen LogP contribution >= 0.6 is 0 Å². The van der Waals surface area contributed by atoms with E-state index >= 15 is 0 Å². The zero-order chi connectivity index (χ0) is 18.0. The number of nitrogens with two attached hydrogens (primary N) is 1. The van der Waals surface area contributed by atoms with Gasteiger partial charge in [0.15, 0.2) is 0 Å². The van der Waals surface area contributed by atoms with Gasteiger partial charge in [-0.15, -0.1) is 0 Å². The number of aryl methyl sites for hydroxylation is 1. The molecule has 0 fully saturated rings. The van der Waals surface area contributed by atoms with E-state index in [2.05, 4.69) is 26.7 Å². The minimum atomic E-state index is -0.364. The van der Waals surface area contributed by atoms with Crippen molar-refractivity contribution in [2.75, 3.05) is 18.1 Å². The van der Waals surface area contributed by atoms with E-state index in [0.29, 0.717) is 28.0 Å². The number of nitriles is 1. The van der Waals surface area contributed by atoms with Gasteiger partial charge in [0.2, 0.25) is 0 Å². The second-order valence-electron chi connectivity index (χ2n) is 5.51. The zero-order valence-corrected chi connectivity index (χ0v) is 13.8. The highest BCUT2D eigenvalue weighted by molar-refractivity contribution is 6.02. The number of urea groups is 1. The lowest BCUT2D eigenvalue weighted by Gasteiger charge is -2.13. The quantitative estimate of drug-likeness (QED) is 0.624. The number of rotatable bonds is 2. The summed E-state index contributed by atoms with van der Waals surface area (Å²) in [6.07, 6.45) is 4.96. The molecule has 0 aliphatic rings. The summed E-state index contributed by atoms with van der Waals surface area (Å²) < 4.78 is 0. The Morgan fingerprint density at radius 1 is 1.28 bits per heavy atom. The Hall–Kier alpha value is -3.66. The van der Waals surface area contributed by atoms with Gasteiger partial charge >= 0.3 is 6.03 Å². The highest BCUT2D eigenvalue weighted by atomic mass is 16.2. The predicted molar refractivity (Wildman–Crippen MR) is 96.9 cm³/mol.